The summed E-state index contributed by atoms with van der Waals surface area (Å²) in [6.45, 7) is 10.3. The second-order valence-corrected chi connectivity index (χ2v) is 5.68. The lowest BCUT2D eigenvalue weighted by Crippen LogP contribution is -2.45. The molecule has 0 aromatic rings. The summed E-state index contributed by atoms with van der Waals surface area (Å²) in [4.78, 5) is 11.4. The predicted octanol–water partition coefficient (Wildman–Crippen LogP) is 1.29. The molecule has 1 amide bonds. The van der Waals surface area contributed by atoms with Crippen LogP contribution in [-0.4, -0.2) is 24.5 Å². The fourth-order valence-electron chi connectivity index (χ4n) is 1.48. The van der Waals surface area contributed by atoms with Gasteiger partial charge in [0.1, 0.15) is 0 Å². The molecular weight excluding hydrogens is 176 g/mol. The Kier molecular flexibility index (Phi) is 3.20. The van der Waals surface area contributed by atoms with Crippen LogP contribution in [-0.2, 0) is 4.79 Å². The number of amides is 1. The molecule has 0 radical (unpaired) electrons. The van der Waals surface area contributed by atoms with E-state index in [9.17, 15) is 4.79 Å². The first kappa shape index (κ1) is 11.5. The smallest absolute Gasteiger partial charge is 0.220 e. The molecule has 1 aliphatic heterocycles. The van der Waals surface area contributed by atoms with Gasteiger partial charge in [-0.05, 0) is 25.7 Å². The van der Waals surface area contributed by atoms with Crippen LogP contribution in [0.3, 0.4) is 0 Å². The molecule has 0 aromatic carbocycles. The molecule has 0 aromatic heterocycles. The first-order chi connectivity index (χ1) is 6.31. The van der Waals surface area contributed by atoms with Gasteiger partial charge in [-0.25, -0.2) is 0 Å². The highest BCUT2D eigenvalue weighted by atomic mass is 16.1. The molecule has 0 unspecified atom stereocenters. The van der Waals surface area contributed by atoms with Crippen molar-refractivity contribution in [2.24, 2.45) is 5.41 Å². The summed E-state index contributed by atoms with van der Waals surface area (Å²) < 4.78 is 0. The standard InChI is InChI=1S/C11H22N2O/c1-10(2)7-12-9(14)5-6-11(3,4)13-8-10/h13H,5-8H2,1-4H3,(H,12,14). The van der Waals surface area contributed by atoms with Gasteiger partial charge in [-0.2, -0.15) is 0 Å². The van der Waals surface area contributed by atoms with E-state index in [-0.39, 0.29) is 16.9 Å². The van der Waals surface area contributed by atoms with E-state index in [0.717, 1.165) is 19.5 Å². The molecule has 1 heterocycles. The topological polar surface area (TPSA) is 41.1 Å². The first-order valence-electron chi connectivity index (χ1n) is 5.33. The van der Waals surface area contributed by atoms with Crippen molar-refractivity contribution in [3.05, 3.63) is 0 Å². The summed E-state index contributed by atoms with van der Waals surface area (Å²) in [6.07, 6.45) is 1.52. The summed E-state index contributed by atoms with van der Waals surface area (Å²) in [5.41, 5.74) is 0.205. The molecule has 0 atom stereocenters. The van der Waals surface area contributed by atoms with Crippen molar-refractivity contribution in [2.75, 3.05) is 13.1 Å². The van der Waals surface area contributed by atoms with E-state index >= 15 is 0 Å². The maximum Gasteiger partial charge on any atom is 0.220 e. The molecule has 0 saturated carbocycles. The van der Waals surface area contributed by atoms with E-state index < -0.39 is 0 Å². The highest BCUT2D eigenvalue weighted by Gasteiger charge is 2.26. The van der Waals surface area contributed by atoms with Crippen LogP contribution < -0.4 is 10.6 Å². The summed E-state index contributed by atoms with van der Waals surface area (Å²) >= 11 is 0. The average molecular weight is 198 g/mol. The lowest BCUT2D eigenvalue weighted by Gasteiger charge is -2.30. The second-order valence-electron chi connectivity index (χ2n) is 5.68. The summed E-state index contributed by atoms with van der Waals surface area (Å²) in [5, 5.41) is 6.49. The van der Waals surface area contributed by atoms with Gasteiger partial charge in [0.2, 0.25) is 5.91 Å². The SMILES string of the molecule is CC1(C)CNC(=O)CCC(C)(C)NC1. The minimum Gasteiger partial charge on any atom is -0.356 e. The molecule has 1 rings (SSSR count). The molecule has 14 heavy (non-hydrogen) atoms. The number of carbonyl (C=O) groups is 1. The Balaban J connectivity index is 2.67. The van der Waals surface area contributed by atoms with Crippen LogP contribution >= 0.6 is 0 Å². The van der Waals surface area contributed by atoms with Crippen molar-refractivity contribution in [2.45, 2.75) is 46.1 Å². The summed E-state index contributed by atoms with van der Waals surface area (Å²) in [5.74, 6) is 0.176. The van der Waals surface area contributed by atoms with Crippen molar-refractivity contribution in [1.82, 2.24) is 10.6 Å². The summed E-state index contributed by atoms with van der Waals surface area (Å²) in [7, 11) is 0. The van der Waals surface area contributed by atoms with E-state index in [1.807, 2.05) is 0 Å². The molecule has 0 aliphatic carbocycles. The third-order valence-corrected chi connectivity index (χ3v) is 2.79. The first-order valence-corrected chi connectivity index (χ1v) is 5.33. The minimum absolute atomic E-state index is 0.0684. The molecular formula is C11H22N2O. The Morgan fingerprint density at radius 1 is 1.14 bits per heavy atom. The van der Waals surface area contributed by atoms with Gasteiger partial charge in [0.15, 0.2) is 0 Å². The van der Waals surface area contributed by atoms with Crippen molar-refractivity contribution in [1.29, 1.82) is 0 Å². The van der Waals surface area contributed by atoms with Crippen molar-refractivity contribution >= 4 is 5.91 Å². The van der Waals surface area contributed by atoms with Gasteiger partial charge in [0.05, 0.1) is 0 Å². The van der Waals surface area contributed by atoms with Crippen LogP contribution in [0, 0.1) is 5.41 Å². The number of rotatable bonds is 0. The number of hydrogen-bond donors (Lipinski definition) is 2. The van der Waals surface area contributed by atoms with Gasteiger partial charge >= 0.3 is 0 Å². The van der Waals surface area contributed by atoms with Crippen LogP contribution in [0.25, 0.3) is 0 Å². The molecule has 3 nitrogen and oxygen atoms in total. The maximum absolute atomic E-state index is 11.4. The van der Waals surface area contributed by atoms with Gasteiger partial charge in [-0.15, -0.1) is 0 Å². The Morgan fingerprint density at radius 2 is 1.79 bits per heavy atom. The van der Waals surface area contributed by atoms with E-state index in [4.69, 9.17) is 0 Å². The van der Waals surface area contributed by atoms with Gasteiger partial charge < -0.3 is 10.6 Å². The minimum atomic E-state index is 0.0684. The summed E-state index contributed by atoms with van der Waals surface area (Å²) in [6, 6.07) is 0. The van der Waals surface area contributed by atoms with Crippen molar-refractivity contribution in [3.63, 3.8) is 0 Å². The fourth-order valence-corrected chi connectivity index (χ4v) is 1.48. The van der Waals surface area contributed by atoms with Crippen molar-refractivity contribution < 1.29 is 4.79 Å². The van der Waals surface area contributed by atoms with Crippen LogP contribution in [0.4, 0.5) is 0 Å². The molecule has 3 heteroatoms. The molecule has 82 valence electrons. The molecule has 1 aliphatic rings. The Bertz CT molecular complexity index is 199. The largest absolute Gasteiger partial charge is 0.356 e. The van der Waals surface area contributed by atoms with E-state index in [1.54, 1.807) is 0 Å². The quantitative estimate of drug-likeness (QED) is 0.616. The molecule has 1 fully saturated rings. The van der Waals surface area contributed by atoms with Gasteiger partial charge in [0, 0.05) is 25.0 Å². The van der Waals surface area contributed by atoms with E-state index in [0.29, 0.717) is 6.42 Å². The fraction of sp³-hybridized carbons (Fsp3) is 0.909. The number of nitrogens with one attached hydrogen (secondary N) is 2. The van der Waals surface area contributed by atoms with E-state index in [1.165, 1.54) is 0 Å². The number of hydrogen-bond acceptors (Lipinski definition) is 2. The molecule has 2 N–H and O–H groups in total. The second kappa shape index (κ2) is 3.89. The Morgan fingerprint density at radius 3 is 2.43 bits per heavy atom. The zero-order valence-corrected chi connectivity index (χ0v) is 9.74. The molecule has 0 bridgehead atoms. The highest BCUT2D eigenvalue weighted by Crippen LogP contribution is 2.18. The van der Waals surface area contributed by atoms with Gasteiger partial charge in [-0.1, -0.05) is 13.8 Å². The van der Waals surface area contributed by atoms with Crippen molar-refractivity contribution in [3.8, 4) is 0 Å². The van der Waals surface area contributed by atoms with Gasteiger partial charge in [0.25, 0.3) is 0 Å². The van der Waals surface area contributed by atoms with Crippen LogP contribution in [0.2, 0.25) is 0 Å². The zero-order valence-electron chi connectivity index (χ0n) is 9.74. The molecule has 1 saturated heterocycles. The third-order valence-electron chi connectivity index (χ3n) is 2.79. The van der Waals surface area contributed by atoms with Crippen LogP contribution in [0.1, 0.15) is 40.5 Å². The number of carbonyl (C=O) groups excluding carboxylic acids is 1. The van der Waals surface area contributed by atoms with Crippen LogP contribution in [0.15, 0.2) is 0 Å². The average Bonchev–Trinajstić information content (AvgIpc) is 2.12. The Labute approximate surface area is 86.6 Å². The maximum atomic E-state index is 11.4. The molecule has 0 spiro atoms. The lowest BCUT2D eigenvalue weighted by atomic mass is 9.91. The van der Waals surface area contributed by atoms with Gasteiger partial charge in [-0.3, -0.25) is 4.79 Å². The predicted molar refractivity (Wildman–Crippen MR) is 58.1 cm³/mol. The highest BCUT2D eigenvalue weighted by molar-refractivity contribution is 5.76. The van der Waals surface area contributed by atoms with E-state index in [2.05, 4.69) is 38.3 Å². The normalized spacial score (nSPS) is 27.0. The Hall–Kier alpha value is -0.570. The third kappa shape index (κ3) is 3.66. The zero-order chi connectivity index (χ0) is 10.8. The lowest BCUT2D eigenvalue weighted by molar-refractivity contribution is -0.121. The van der Waals surface area contributed by atoms with Crippen LogP contribution in [0.5, 0.6) is 0 Å². The monoisotopic (exact) mass is 198 g/mol.